The molecule has 1 aliphatic rings. The fourth-order valence-electron chi connectivity index (χ4n) is 2.70. The third kappa shape index (κ3) is 5.18. The number of benzene rings is 2. The number of amides is 1. The Labute approximate surface area is 192 Å². The van der Waals surface area contributed by atoms with E-state index < -0.39 is 5.97 Å². The van der Waals surface area contributed by atoms with Crippen molar-refractivity contribution in [3.05, 3.63) is 69.6 Å². The number of carboxylic acid groups (broad SMARTS) is 1. The molecular weight excluding hydrogens is 484 g/mol. The molecule has 0 aromatic heterocycles. The molecule has 1 N–H and O–H groups in total. The first-order chi connectivity index (χ1) is 14.8. The average molecular weight is 503 g/mol. The van der Waals surface area contributed by atoms with Crippen molar-refractivity contribution in [2.24, 2.45) is 4.99 Å². The normalized spacial score (nSPS) is 16.1. The third-order valence-corrected chi connectivity index (χ3v) is 5.89. The van der Waals surface area contributed by atoms with Crippen molar-refractivity contribution >= 4 is 56.5 Å². The molecule has 1 fully saturated rings. The highest BCUT2D eigenvalue weighted by Crippen LogP contribution is 2.39. The van der Waals surface area contributed by atoms with E-state index in [2.05, 4.69) is 27.5 Å². The number of nitrogens with zero attached hydrogens (tertiary/aromatic N) is 2. The van der Waals surface area contributed by atoms with E-state index in [0.717, 1.165) is 5.56 Å². The summed E-state index contributed by atoms with van der Waals surface area (Å²) in [4.78, 5) is 30.1. The molecule has 0 aliphatic carbocycles. The number of likely N-dealkylation sites (N-methyl/N-ethyl adjacent to an activating group) is 1. The van der Waals surface area contributed by atoms with Gasteiger partial charge in [-0.3, -0.25) is 9.69 Å². The highest BCUT2D eigenvalue weighted by molar-refractivity contribution is 9.10. The predicted molar refractivity (Wildman–Crippen MR) is 125 cm³/mol. The van der Waals surface area contributed by atoms with Gasteiger partial charge in [-0.25, -0.2) is 9.79 Å². The summed E-state index contributed by atoms with van der Waals surface area (Å²) in [5, 5.41) is 9.50. The van der Waals surface area contributed by atoms with Crippen LogP contribution in [-0.4, -0.2) is 47.8 Å². The number of hydrogen-bond acceptors (Lipinski definition) is 6. The highest BCUT2D eigenvalue weighted by Gasteiger charge is 2.30. The Bertz CT molecular complexity index is 1100. The van der Waals surface area contributed by atoms with Crippen LogP contribution in [0.2, 0.25) is 0 Å². The lowest BCUT2D eigenvalue weighted by molar-refractivity contribution is -0.121. The Morgan fingerprint density at radius 1 is 1.32 bits per heavy atom. The van der Waals surface area contributed by atoms with Gasteiger partial charge in [0.2, 0.25) is 0 Å². The zero-order valence-electron chi connectivity index (χ0n) is 16.8. The van der Waals surface area contributed by atoms with Crippen LogP contribution in [0.25, 0.3) is 6.08 Å². The predicted octanol–water partition coefficient (Wildman–Crippen LogP) is 4.95. The Morgan fingerprint density at radius 2 is 2.03 bits per heavy atom. The number of aromatic carboxylic acids is 1. The van der Waals surface area contributed by atoms with Gasteiger partial charge in [0, 0.05) is 7.05 Å². The van der Waals surface area contributed by atoms with Gasteiger partial charge in [-0.2, -0.15) is 0 Å². The first-order valence-corrected chi connectivity index (χ1v) is 10.7. The molecule has 0 atom stereocenters. The second-order valence-corrected chi connectivity index (χ2v) is 8.22. The fraction of sp³-hybridized carbons (Fsp3) is 0.136. The number of carboxylic acids is 1. The monoisotopic (exact) mass is 502 g/mol. The van der Waals surface area contributed by atoms with Crippen LogP contribution in [0.5, 0.6) is 11.5 Å². The minimum atomic E-state index is -1.01. The van der Waals surface area contributed by atoms with Gasteiger partial charge in [-0.15, -0.1) is 0 Å². The molecule has 3 rings (SSSR count). The van der Waals surface area contributed by atoms with E-state index in [9.17, 15) is 9.59 Å². The number of aliphatic imine (C=N–C) groups is 1. The SMILES string of the molecule is C=CCOc1c(Br)cc(C=C2SC(=Nc3ccc(C(=O)O)cc3)N(C)C2=O)cc1OC. The minimum Gasteiger partial charge on any atom is -0.493 e. The van der Waals surface area contributed by atoms with Crippen LogP contribution >= 0.6 is 27.7 Å². The molecular formula is C22H19BrN2O5S. The number of hydrogen-bond donors (Lipinski definition) is 1. The summed E-state index contributed by atoms with van der Waals surface area (Å²) in [6.45, 7) is 3.97. The molecule has 7 nitrogen and oxygen atoms in total. The first kappa shape index (κ1) is 22.6. The third-order valence-electron chi connectivity index (χ3n) is 4.24. The van der Waals surface area contributed by atoms with E-state index >= 15 is 0 Å². The van der Waals surface area contributed by atoms with Crippen molar-refractivity contribution < 1.29 is 24.2 Å². The van der Waals surface area contributed by atoms with Crippen LogP contribution in [-0.2, 0) is 4.79 Å². The van der Waals surface area contributed by atoms with Crippen molar-refractivity contribution in [2.45, 2.75) is 0 Å². The Morgan fingerprint density at radius 3 is 2.65 bits per heavy atom. The lowest BCUT2D eigenvalue weighted by atomic mass is 10.2. The van der Waals surface area contributed by atoms with Crippen molar-refractivity contribution in [3.63, 3.8) is 0 Å². The Hall–Kier alpha value is -3.04. The van der Waals surface area contributed by atoms with E-state index in [1.165, 1.54) is 28.8 Å². The number of carbonyl (C=O) groups excluding carboxylic acids is 1. The van der Waals surface area contributed by atoms with Gasteiger partial charge >= 0.3 is 5.97 Å². The largest absolute Gasteiger partial charge is 0.493 e. The number of amidine groups is 1. The minimum absolute atomic E-state index is 0.174. The molecule has 0 unspecified atom stereocenters. The topological polar surface area (TPSA) is 88.4 Å². The zero-order valence-corrected chi connectivity index (χ0v) is 19.2. The summed E-state index contributed by atoms with van der Waals surface area (Å²) >= 11 is 4.72. The molecule has 2 aromatic carbocycles. The molecule has 9 heteroatoms. The van der Waals surface area contributed by atoms with E-state index in [4.69, 9.17) is 14.6 Å². The van der Waals surface area contributed by atoms with Crippen molar-refractivity contribution in [3.8, 4) is 11.5 Å². The maximum atomic E-state index is 12.7. The van der Waals surface area contributed by atoms with Crippen LogP contribution in [0.4, 0.5) is 5.69 Å². The highest BCUT2D eigenvalue weighted by atomic mass is 79.9. The van der Waals surface area contributed by atoms with Gasteiger partial charge in [0.15, 0.2) is 16.7 Å². The molecule has 1 saturated heterocycles. The molecule has 1 amide bonds. The standard InChI is InChI=1S/C22H19BrN2O5S/c1-4-9-30-19-16(23)10-13(11-17(19)29-3)12-18-20(26)25(2)22(31-18)24-15-7-5-14(6-8-15)21(27)28/h4-8,10-12H,1,9H2,2-3H3,(H,27,28). The van der Waals surface area contributed by atoms with Crippen molar-refractivity contribution in [1.82, 2.24) is 4.90 Å². The van der Waals surface area contributed by atoms with Crippen LogP contribution < -0.4 is 9.47 Å². The van der Waals surface area contributed by atoms with Gasteiger partial charge in [0.1, 0.15) is 6.61 Å². The van der Waals surface area contributed by atoms with Crippen LogP contribution in [0, 0.1) is 0 Å². The van der Waals surface area contributed by atoms with E-state index in [-0.39, 0.29) is 11.5 Å². The molecule has 0 radical (unpaired) electrons. The maximum Gasteiger partial charge on any atom is 0.335 e. The van der Waals surface area contributed by atoms with Crippen LogP contribution in [0.3, 0.4) is 0 Å². The van der Waals surface area contributed by atoms with Gasteiger partial charge in [0.25, 0.3) is 5.91 Å². The fourth-order valence-corrected chi connectivity index (χ4v) is 4.26. The van der Waals surface area contributed by atoms with Crippen LogP contribution in [0.15, 0.2) is 63.4 Å². The summed E-state index contributed by atoms with van der Waals surface area (Å²) in [7, 11) is 3.19. The lowest BCUT2D eigenvalue weighted by Gasteiger charge is -2.12. The van der Waals surface area contributed by atoms with Gasteiger partial charge in [0.05, 0.1) is 27.7 Å². The van der Waals surface area contributed by atoms with E-state index in [1.54, 1.807) is 44.5 Å². The van der Waals surface area contributed by atoms with E-state index in [1.807, 2.05) is 6.07 Å². The maximum absolute atomic E-state index is 12.7. The second kappa shape index (κ2) is 9.84. The van der Waals surface area contributed by atoms with Gasteiger partial charge < -0.3 is 14.6 Å². The summed E-state index contributed by atoms with van der Waals surface area (Å²) in [5.41, 5.74) is 1.49. The average Bonchev–Trinajstić information content (AvgIpc) is 3.00. The molecule has 160 valence electrons. The molecule has 1 heterocycles. The zero-order chi connectivity index (χ0) is 22.5. The van der Waals surface area contributed by atoms with Crippen molar-refractivity contribution in [2.75, 3.05) is 20.8 Å². The molecule has 0 spiro atoms. The first-order valence-electron chi connectivity index (χ1n) is 9.05. The quantitative estimate of drug-likeness (QED) is 0.425. The van der Waals surface area contributed by atoms with E-state index in [0.29, 0.717) is 38.3 Å². The number of ether oxygens (including phenoxy) is 2. The lowest BCUT2D eigenvalue weighted by Crippen LogP contribution is -2.23. The molecule has 31 heavy (non-hydrogen) atoms. The Kier molecular flexibility index (Phi) is 7.19. The number of rotatable bonds is 7. The summed E-state index contributed by atoms with van der Waals surface area (Å²) in [6, 6.07) is 9.76. The second-order valence-electron chi connectivity index (χ2n) is 6.36. The number of halogens is 1. The molecule has 0 bridgehead atoms. The summed E-state index contributed by atoms with van der Waals surface area (Å²) < 4.78 is 11.7. The smallest absolute Gasteiger partial charge is 0.335 e. The van der Waals surface area contributed by atoms with Gasteiger partial charge in [-0.1, -0.05) is 12.7 Å². The summed E-state index contributed by atoms with van der Waals surface area (Å²) in [6.07, 6.45) is 3.39. The van der Waals surface area contributed by atoms with Crippen LogP contribution in [0.1, 0.15) is 15.9 Å². The number of carbonyl (C=O) groups is 2. The number of methoxy groups -OCH3 is 1. The molecule has 1 aliphatic heterocycles. The summed E-state index contributed by atoms with van der Waals surface area (Å²) in [5.74, 6) is -0.110. The molecule has 2 aromatic rings. The van der Waals surface area contributed by atoms with Crippen molar-refractivity contribution in [1.29, 1.82) is 0 Å². The number of thioether (sulfide) groups is 1. The van der Waals surface area contributed by atoms with Gasteiger partial charge in [-0.05, 0) is 75.7 Å². The molecule has 0 saturated carbocycles. The Balaban J connectivity index is 1.88.